The number of nitrogen functional groups attached to an aromatic ring is 2. The molecule has 0 aliphatic carbocycles. The van der Waals surface area contributed by atoms with Crippen molar-refractivity contribution in [2.45, 2.75) is 56.3 Å². The van der Waals surface area contributed by atoms with Gasteiger partial charge in [0.25, 0.3) is 22.2 Å². The number of amides is 3. The van der Waals surface area contributed by atoms with E-state index < -0.39 is 40.3 Å². The smallest absolute Gasteiger partial charge is 0.354 e. The van der Waals surface area contributed by atoms with Crippen LogP contribution >= 0.6 is 95.2 Å². The van der Waals surface area contributed by atoms with Gasteiger partial charge in [0.15, 0.2) is 21.7 Å². The van der Waals surface area contributed by atoms with Gasteiger partial charge in [-0.3, -0.25) is 29.0 Å². The topological polar surface area (TPSA) is 311 Å². The van der Waals surface area contributed by atoms with Crippen LogP contribution in [0.25, 0.3) is 0 Å². The van der Waals surface area contributed by atoms with Crippen LogP contribution in [0.1, 0.15) is 38.6 Å². The molecule has 0 radical (unpaired) electrons. The van der Waals surface area contributed by atoms with Crippen LogP contribution in [-0.2, 0) is 47.9 Å². The van der Waals surface area contributed by atoms with Crippen LogP contribution in [0, 0.1) is 6.92 Å². The van der Waals surface area contributed by atoms with Crippen molar-refractivity contribution < 1.29 is 52.3 Å². The van der Waals surface area contributed by atoms with Gasteiger partial charge in [-0.05, 0) is 32.0 Å². The zero-order valence-electron chi connectivity index (χ0n) is 34.9. The number of hydrogen-bond acceptors (Lipinski definition) is 25. The maximum atomic E-state index is 12.6. The highest BCUT2D eigenvalue weighted by Gasteiger charge is 2.54. The van der Waals surface area contributed by atoms with E-state index in [0.717, 1.165) is 40.0 Å². The molecule has 30 heteroatoms. The van der Waals surface area contributed by atoms with Gasteiger partial charge in [-0.2, -0.15) is 0 Å². The van der Waals surface area contributed by atoms with Crippen molar-refractivity contribution in [1.29, 1.82) is 0 Å². The van der Waals surface area contributed by atoms with Crippen molar-refractivity contribution in [3.05, 3.63) is 50.6 Å². The van der Waals surface area contributed by atoms with Crippen molar-refractivity contribution in [2.75, 3.05) is 58.5 Å². The number of aromatic nitrogens is 4. The summed E-state index contributed by atoms with van der Waals surface area (Å²) in [6.45, 7) is 5.26. The number of fused-ring (bicyclic) bond motifs is 2. The van der Waals surface area contributed by atoms with Crippen LogP contribution in [0.5, 0.6) is 0 Å². The Hall–Kier alpha value is -4.09. The van der Waals surface area contributed by atoms with E-state index in [1.54, 1.807) is 43.4 Å². The molecule has 0 bridgehead atoms. The van der Waals surface area contributed by atoms with Gasteiger partial charge in [0.1, 0.15) is 59.8 Å². The van der Waals surface area contributed by atoms with E-state index in [1.165, 1.54) is 61.3 Å². The van der Waals surface area contributed by atoms with Crippen molar-refractivity contribution in [3.63, 3.8) is 0 Å². The molecular formula is C35H44I2N12O11S5. The second-order valence-electron chi connectivity index (χ2n) is 12.6. The number of esters is 2. The standard InChI is InChI=1S/C15H17N5O5S2.C10H14N2O3S.C9H9N5O3S2.CH4.I2/c1-6-4-26-13-9(12(22)20(13)10(6)14(23)24-2)18-11(21)8(19-25-3)7-5-27-15(16)17-7;1-5-4-16-9-6(11-2)8(13)12(9)7(5)10(14)15-3;1-4-12-13-9(17-4)19-7(15)6(14-16-2)5-3-18-8(10)11-5;;1-2/h5,9,13H,4H2,1-3H3,(H2,16,17)(H,18,21);6,9,11H,4H2,1-3H3;3H,1-2H3,(H2,10,11);1H4;/b19-8-;;14-6-;;. The molecule has 4 aliphatic heterocycles. The number of β-lactam (4-membered cyclic amide) rings is 2. The van der Waals surface area contributed by atoms with Crippen molar-refractivity contribution in [2.24, 2.45) is 10.3 Å². The number of nitrogens with two attached hydrogens (primary N) is 2. The number of halogens is 2. The zero-order valence-corrected chi connectivity index (χ0v) is 43.3. The van der Waals surface area contributed by atoms with Crippen molar-refractivity contribution in [3.8, 4) is 0 Å². The van der Waals surface area contributed by atoms with E-state index in [2.05, 4.69) is 83.2 Å². The Morgan fingerprint density at radius 1 is 0.800 bits per heavy atom. The summed E-state index contributed by atoms with van der Waals surface area (Å²) >= 11 is 10.5. The molecule has 23 nitrogen and oxygen atoms in total. The minimum absolute atomic E-state index is 0. The molecule has 7 rings (SSSR count). The fourth-order valence-corrected chi connectivity index (χ4v) is 10.3. The molecule has 4 unspecified atom stereocenters. The highest BCUT2D eigenvalue weighted by molar-refractivity contribution is 15.0. The van der Waals surface area contributed by atoms with Gasteiger partial charge < -0.3 is 45.7 Å². The SMILES string of the molecule is C.CNC1C(=O)N2C(C(=O)OC)=C(C)CSC12.CO/N=C(\C(=O)NC1C(=O)N2C(C(=O)OC)=C(C)CSC12)c1csc(N)n1.CO/N=C(\C(=O)Sc1nnc(C)o1)c1csc(N)n1.II. The molecule has 0 aromatic carbocycles. The van der Waals surface area contributed by atoms with Crippen LogP contribution in [0.3, 0.4) is 0 Å². The largest absolute Gasteiger partial charge is 0.464 e. The Morgan fingerprint density at radius 3 is 1.68 bits per heavy atom. The van der Waals surface area contributed by atoms with E-state index in [-0.39, 0.29) is 57.9 Å². The number of anilines is 2. The van der Waals surface area contributed by atoms with Gasteiger partial charge in [0, 0.05) is 78.2 Å². The molecule has 3 amide bonds. The molecule has 4 atom stereocenters. The van der Waals surface area contributed by atoms with Gasteiger partial charge in [-0.1, -0.05) is 17.7 Å². The maximum absolute atomic E-state index is 12.6. The quantitative estimate of drug-likeness (QED) is 0.0534. The second kappa shape index (κ2) is 25.7. The summed E-state index contributed by atoms with van der Waals surface area (Å²) in [5.41, 5.74) is 14.0. The molecule has 4 aliphatic rings. The van der Waals surface area contributed by atoms with E-state index in [9.17, 15) is 28.8 Å². The number of nitrogens with zero attached hydrogens (tertiary/aromatic N) is 8. The van der Waals surface area contributed by atoms with Gasteiger partial charge in [-0.25, -0.2) is 19.6 Å². The Balaban J connectivity index is 0.000000261. The number of aryl methyl sites for hydroxylation is 1. The summed E-state index contributed by atoms with van der Waals surface area (Å²) in [4.78, 5) is 92.9. The van der Waals surface area contributed by atoms with Gasteiger partial charge in [0.05, 0.1) is 14.2 Å². The van der Waals surface area contributed by atoms with Crippen LogP contribution in [-0.4, -0.2) is 146 Å². The van der Waals surface area contributed by atoms with E-state index in [1.807, 2.05) is 6.92 Å². The molecule has 354 valence electrons. The minimum Gasteiger partial charge on any atom is -0.464 e. The lowest BCUT2D eigenvalue weighted by atomic mass is 10.0. The molecule has 0 spiro atoms. The van der Waals surface area contributed by atoms with Crippen LogP contribution in [0.4, 0.5) is 10.3 Å². The Bertz CT molecular complexity index is 2370. The molecule has 2 fully saturated rings. The highest BCUT2D eigenvalue weighted by Crippen LogP contribution is 2.41. The van der Waals surface area contributed by atoms with Gasteiger partial charge >= 0.3 is 11.9 Å². The number of methoxy groups -OCH3 is 2. The number of oxime groups is 2. The predicted octanol–water partition coefficient (Wildman–Crippen LogP) is 3.35. The van der Waals surface area contributed by atoms with Crippen LogP contribution in [0.2, 0.25) is 0 Å². The number of thioether (sulfide) groups is 3. The van der Waals surface area contributed by atoms with E-state index in [0.29, 0.717) is 28.2 Å². The first-order valence-corrected chi connectivity index (χ1v) is 28.8. The minimum atomic E-state index is -0.798. The third kappa shape index (κ3) is 12.9. The maximum Gasteiger partial charge on any atom is 0.354 e. The molecule has 7 heterocycles. The average Bonchev–Trinajstić information content (AvgIpc) is 4.04. The van der Waals surface area contributed by atoms with Gasteiger partial charge in [0.2, 0.25) is 11.8 Å². The monoisotopic (exact) mass is 1220 g/mol. The number of ether oxygens (including phenoxy) is 2. The Morgan fingerprint density at radius 2 is 1.26 bits per heavy atom. The average molecular weight is 1220 g/mol. The van der Waals surface area contributed by atoms with E-state index in [4.69, 9.17) is 30.2 Å². The van der Waals surface area contributed by atoms with Crippen molar-refractivity contribution in [1.82, 2.24) is 40.6 Å². The second-order valence-corrected chi connectivity index (χ2v) is 17.6. The zero-order chi connectivity index (χ0) is 47.4. The van der Waals surface area contributed by atoms with Crippen molar-refractivity contribution >= 4 is 152 Å². The fraction of sp³-hybridized carbons (Fsp3) is 0.429. The first-order chi connectivity index (χ1) is 30.6. The summed E-state index contributed by atoms with van der Waals surface area (Å²) in [7, 11) is 6.98. The number of thiazole rings is 2. The Kier molecular flexibility index (Phi) is 21.9. The van der Waals surface area contributed by atoms with Crippen LogP contribution in [0.15, 0.2) is 53.3 Å². The number of rotatable bonds is 11. The molecule has 6 N–H and O–H groups in total. The first kappa shape index (κ1) is 55.2. The van der Waals surface area contributed by atoms with E-state index >= 15 is 0 Å². The first-order valence-electron chi connectivity index (χ1n) is 17.9. The molecule has 3 aromatic rings. The number of carbonyl (C=O) groups is 6. The Labute approximate surface area is 416 Å². The number of likely N-dealkylation sites (N-methyl/N-ethyl adjacent to an activating group) is 1. The lowest BCUT2D eigenvalue weighted by Crippen LogP contribution is -2.71. The summed E-state index contributed by atoms with van der Waals surface area (Å²) in [6, 6.07) is -0.981. The molecule has 0 saturated carbocycles. The molecule has 2 saturated heterocycles. The highest BCUT2D eigenvalue weighted by atomic mass is 128. The number of nitrogens with one attached hydrogen (secondary N) is 2. The summed E-state index contributed by atoms with van der Waals surface area (Å²) in [5.74, 6) is -0.384. The lowest BCUT2D eigenvalue weighted by Gasteiger charge is -2.49. The lowest BCUT2D eigenvalue weighted by molar-refractivity contribution is -0.151. The summed E-state index contributed by atoms with van der Waals surface area (Å²) in [6.07, 6.45) is 0. The number of hydrogen-bond donors (Lipinski definition) is 4. The summed E-state index contributed by atoms with van der Waals surface area (Å²) < 4.78 is 14.6. The molecule has 65 heavy (non-hydrogen) atoms. The summed E-state index contributed by atoms with van der Waals surface area (Å²) in [5, 5.41) is 23.4. The normalized spacial score (nSPS) is 19.7. The molecular weight excluding hydrogens is 1180 g/mol. The number of carbonyl (C=O) groups excluding carboxylic acids is 6. The molecule has 3 aromatic heterocycles. The third-order valence-electron chi connectivity index (χ3n) is 8.66. The van der Waals surface area contributed by atoms with Crippen LogP contribution < -0.4 is 22.1 Å². The fourth-order valence-electron chi connectivity index (χ4n) is 5.88. The third-order valence-corrected chi connectivity index (χ3v) is 13.6. The van der Waals surface area contributed by atoms with Gasteiger partial charge in [-0.15, -0.1) is 56.4 Å². The predicted molar refractivity (Wildman–Crippen MR) is 265 cm³/mol.